The average Bonchev–Trinajstić information content (AvgIpc) is 2.87. The topological polar surface area (TPSA) is 59.2 Å². The van der Waals surface area contributed by atoms with Gasteiger partial charge in [0.05, 0.1) is 0 Å². The lowest BCUT2D eigenvalue weighted by Crippen LogP contribution is -2.41. The molecule has 5 nitrogen and oxygen atoms in total. The molecule has 1 saturated heterocycles. The molecule has 1 aliphatic heterocycles. The normalized spacial score (nSPS) is 17.2. The number of hydrogen-bond acceptors (Lipinski definition) is 4. The van der Waals surface area contributed by atoms with Crippen LogP contribution in [0.1, 0.15) is 57.2 Å². The maximum Gasteiger partial charge on any atom is 0.225 e. The van der Waals surface area contributed by atoms with Gasteiger partial charge in [0.2, 0.25) is 17.7 Å². The van der Waals surface area contributed by atoms with Crippen LogP contribution in [-0.4, -0.2) is 34.1 Å². The molecule has 1 aliphatic rings. The van der Waals surface area contributed by atoms with E-state index in [9.17, 15) is 4.79 Å². The maximum atomic E-state index is 12.3. The number of hydrogen-bond donors (Lipinski definition) is 0. The van der Waals surface area contributed by atoms with E-state index in [2.05, 4.69) is 24.0 Å². The first kappa shape index (κ1) is 14.0. The fourth-order valence-corrected chi connectivity index (χ4v) is 2.72. The molecule has 1 aromatic rings. The average molecular weight is 265 g/mol. The summed E-state index contributed by atoms with van der Waals surface area (Å²) in [5.41, 5.74) is 0. The summed E-state index contributed by atoms with van der Waals surface area (Å²) < 4.78 is 5.48. The molecule has 0 unspecified atom stereocenters. The molecule has 0 saturated carbocycles. The van der Waals surface area contributed by atoms with Crippen LogP contribution >= 0.6 is 0 Å². The van der Waals surface area contributed by atoms with Crippen molar-refractivity contribution < 1.29 is 9.21 Å². The quantitative estimate of drug-likeness (QED) is 0.839. The van der Waals surface area contributed by atoms with Crippen LogP contribution in [0, 0.1) is 12.8 Å². The summed E-state index contributed by atoms with van der Waals surface area (Å²) in [4.78, 5) is 14.3. The lowest BCUT2D eigenvalue weighted by Gasteiger charge is -2.32. The van der Waals surface area contributed by atoms with Crippen LogP contribution in [0.25, 0.3) is 0 Å². The van der Waals surface area contributed by atoms with Crippen molar-refractivity contribution in [1.82, 2.24) is 15.1 Å². The zero-order valence-corrected chi connectivity index (χ0v) is 12.1. The summed E-state index contributed by atoms with van der Waals surface area (Å²) >= 11 is 0. The number of aryl methyl sites for hydroxylation is 1. The number of nitrogens with zero attached hydrogens (tertiary/aromatic N) is 3. The molecular weight excluding hydrogens is 242 g/mol. The highest BCUT2D eigenvalue weighted by Crippen LogP contribution is 2.28. The molecule has 0 aliphatic carbocycles. The van der Waals surface area contributed by atoms with Gasteiger partial charge in [0, 0.05) is 31.8 Å². The fraction of sp³-hybridized carbons (Fsp3) is 0.786. The van der Waals surface area contributed by atoms with E-state index < -0.39 is 0 Å². The Kier molecular flexibility index (Phi) is 4.56. The highest BCUT2D eigenvalue weighted by Gasteiger charge is 2.29. The zero-order chi connectivity index (χ0) is 13.8. The van der Waals surface area contributed by atoms with E-state index in [4.69, 9.17) is 4.42 Å². The number of amides is 1. The van der Waals surface area contributed by atoms with Crippen LogP contribution < -0.4 is 0 Å². The van der Waals surface area contributed by atoms with Crippen LogP contribution in [0.3, 0.4) is 0 Å². The zero-order valence-electron chi connectivity index (χ0n) is 12.1. The molecule has 5 heteroatoms. The van der Waals surface area contributed by atoms with Gasteiger partial charge in [0.15, 0.2) is 0 Å². The molecule has 19 heavy (non-hydrogen) atoms. The Morgan fingerprint density at radius 3 is 2.42 bits per heavy atom. The molecule has 0 atom stereocenters. The molecule has 0 aromatic carbocycles. The number of aromatic nitrogens is 2. The van der Waals surface area contributed by atoms with Crippen LogP contribution in [0.4, 0.5) is 0 Å². The van der Waals surface area contributed by atoms with Gasteiger partial charge in [-0.2, -0.15) is 0 Å². The van der Waals surface area contributed by atoms with E-state index in [-0.39, 0.29) is 5.92 Å². The maximum absolute atomic E-state index is 12.3. The predicted octanol–water partition coefficient (Wildman–Crippen LogP) is 2.52. The van der Waals surface area contributed by atoms with Crippen molar-refractivity contribution in [3.05, 3.63) is 11.8 Å². The third-order valence-corrected chi connectivity index (χ3v) is 4.03. The fourth-order valence-electron chi connectivity index (χ4n) is 2.72. The predicted molar refractivity (Wildman–Crippen MR) is 71.7 cm³/mol. The summed E-state index contributed by atoms with van der Waals surface area (Å²) in [7, 11) is 0. The van der Waals surface area contributed by atoms with Gasteiger partial charge in [-0.1, -0.05) is 13.8 Å². The number of piperidine rings is 1. The van der Waals surface area contributed by atoms with E-state index in [1.807, 2.05) is 11.8 Å². The summed E-state index contributed by atoms with van der Waals surface area (Å²) in [6.07, 6.45) is 3.71. The molecule has 2 heterocycles. The molecule has 1 aromatic heterocycles. The summed E-state index contributed by atoms with van der Waals surface area (Å²) in [5, 5.41) is 7.96. The molecule has 0 N–H and O–H groups in total. The van der Waals surface area contributed by atoms with Crippen LogP contribution in [0.15, 0.2) is 4.42 Å². The Balaban J connectivity index is 1.90. The first-order valence-corrected chi connectivity index (χ1v) is 7.24. The van der Waals surface area contributed by atoms with E-state index in [1.54, 1.807) is 0 Å². The molecule has 0 spiro atoms. The Hall–Kier alpha value is -1.39. The molecule has 0 bridgehead atoms. The van der Waals surface area contributed by atoms with Crippen molar-refractivity contribution in [2.45, 2.75) is 52.4 Å². The third kappa shape index (κ3) is 3.14. The monoisotopic (exact) mass is 265 g/mol. The minimum absolute atomic E-state index is 0.183. The number of carbonyl (C=O) groups is 1. The Morgan fingerprint density at radius 1 is 1.32 bits per heavy atom. The number of rotatable bonds is 4. The van der Waals surface area contributed by atoms with Crippen molar-refractivity contribution in [2.75, 3.05) is 13.1 Å². The lowest BCUT2D eigenvalue weighted by atomic mass is 9.94. The van der Waals surface area contributed by atoms with Crippen molar-refractivity contribution in [2.24, 2.45) is 5.92 Å². The van der Waals surface area contributed by atoms with Crippen molar-refractivity contribution >= 4 is 5.91 Å². The first-order valence-electron chi connectivity index (χ1n) is 7.24. The standard InChI is InChI=1S/C14H23N3O2/c1-4-11(5-2)14(18)17-8-6-12(7-9-17)13-16-15-10(3)19-13/h11-12H,4-9H2,1-3H3. The minimum Gasteiger partial charge on any atom is -0.425 e. The van der Waals surface area contributed by atoms with Gasteiger partial charge in [-0.3, -0.25) is 4.79 Å². The largest absolute Gasteiger partial charge is 0.425 e. The smallest absolute Gasteiger partial charge is 0.225 e. The second kappa shape index (κ2) is 6.17. The Labute approximate surface area is 114 Å². The SMILES string of the molecule is CCC(CC)C(=O)N1CCC(c2nnc(C)o2)CC1. The van der Waals surface area contributed by atoms with Crippen molar-refractivity contribution in [1.29, 1.82) is 0 Å². The second-order valence-corrected chi connectivity index (χ2v) is 5.27. The molecule has 106 valence electrons. The van der Waals surface area contributed by atoms with Crippen LogP contribution in [-0.2, 0) is 4.79 Å². The Bertz CT molecular complexity index is 418. The van der Waals surface area contributed by atoms with Crippen molar-refractivity contribution in [3.63, 3.8) is 0 Å². The molecule has 0 radical (unpaired) electrons. The van der Waals surface area contributed by atoms with Gasteiger partial charge in [0.25, 0.3) is 0 Å². The number of likely N-dealkylation sites (tertiary alicyclic amines) is 1. The van der Waals surface area contributed by atoms with E-state index in [0.717, 1.165) is 44.7 Å². The third-order valence-electron chi connectivity index (χ3n) is 4.03. The molecule has 1 fully saturated rings. The van der Waals surface area contributed by atoms with Crippen LogP contribution in [0.5, 0.6) is 0 Å². The van der Waals surface area contributed by atoms with E-state index in [0.29, 0.717) is 17.7 Å². The highest BCUT2D eigenvalue weighted by atomic mass is 16.4. The van der Waals surface area contributed by atoms with Gasteiger partial charge in [0.1, 0.15) is 0 Å². The molecular formula is C14H23N3O2. The molecule has 1 amide bonds. The van der Waals surface area contributed by atoms with Gasteiger partial charge in [-0.25, -0.2) is 0 Å². The van der Waals surface area contributed by atoms with Gasteiger partial charge in [-0.15, -0.1) is 10.2 Å². The van der Waals surface area contributed by atoms with E-state index in [1.165, 1.54) is 0 Å². The Morgan fingerprint density at radius 2 is 1.95 bits per heavy atom. The number of carbonyl (C=O) groups excluding carboxylic acids is 1. The van der Waals surface area contributed by atoms with Gasteiger partial charge < -0.3 is 9.32 Å². The first-order chi connectivity index (χ1) is 9.15. The van der Waals surface area contributed by atoms with Gasteiger partial charge >= 0.3 is 0 Å². The summed E-state index contributed by atoms with van der Waals surface area (Å²) in [6.45, 7) is 7.59. The highest BCUT2D eigenvalue weighted by molar-refractivity contribution is 5.78. The van der Waals surface area contributed by atoms with Crippen molar-refractivity contribution in [3.8, 4) is 0 Å². The van der Waals surface area contributed by atoms with E-state index >= 15 is 0 Å². The molecule has 2 rings (SSSR count). The lowest BCUT2D eigenvalue weighted by molar-refractivity contribution is -0.136. The summed E-state index contributed by atoms with van der Waals surface area (Å²) in [6, 6.07) is 0. The van der Waals surface area contributed by atoms with Gasteiger partial charge in [-0.05, 0) is 25.7 Å². The summed E-state index contributed by atoms with van der Waals surface area (Å²) in [5.74, 6) is 2.15. The second-order valence-electron chi connectivity index (χ2n) is 5.27. The minimum atomic E-state index is 0.183. The van der Waals surface area contributed by atoms with Crippen LogP contribution in [0.2, 0.25) is 0 Å².